The fourth-order valence-corrected chi connectivity index (χ4v) is 3.90. The van der Waals surface area contributed by atoms with E-state index in [2.05, 4.69) is 25.7 Å². The van der Waals surface area contributed by atoms with E-state index in [1.807, 2.05) is 0 Å². The zero-order valence-corrected chi connectivity index (χ0v) is 7.72. The summed E-state index contributed by atoms with van der Waals surface area (Å²) in [7, 11) is 0. The lowest BCUT2D eigenvalue weighted by atomic mass is 9.73. The normalized spacial score (nSPS) is 63.0. The molecule has 1 unspecified atom stereocenters. The molecule has 4 fully saturated rings. The third-order valence-electron chi connectivity index (χ3n) is 4.64. The molecular weight excluding hydrogens is 134 g/mol. The van der Waals surface area contributed by atoms with Crippen LogP contribution in [0.25, 0.3) is 0 Å². The van der Waals surface area contributed by atoms with Gasteiger partial charge in [-0.05, 0) is 46.0 Å². The summed E-state index contributed by atoms with van der Waals surface area (Å²) >= 11 is 0. The van der Waals surface area contributed by atoms with E-state index in [4.69, 9.17) is 0 Å². The van der Waals surface area contributed by atoms with Crippen LogP contribution in [0.2, 0.25) is 0 Å². The van der Waals surface area contributed by atoms with Crippen LogP contribution in [0.3, 0.4) is 0 Å². The molecule has 3 heterocycles. The fraction of sp³-hybridized carbons (Fsp3) is 1.00. The first kappa shape index (κ1) is 6.47. The molecule has 11 heavy (non-hydrogen) atoms. The topological polar surface area (TPSA) is 3.01 Å². The van der Waals surface area contributed by atoms with E-state index in [0.717, 1.165) is 12.0 Å². The standard InChI is InChI=1S/C10H17N/c1-9(2)7-4-5-10(3)8(6-7)11(9)10/h7-8H,4-6H2,1-3H3/t7-,8-,10+,11?/m1/s1. The van der Waals surface area contributed by atoms with Gasteiger partial charge < -0.3 is 0 Å². The number of hydrogen-bond donors (Lipinski definition) is 0. The van der Waals surface area contributed by atoms with E-state index >= 15 is 0 Å². The highest BCUT2D eigenvalue weighted by atomic mass is 15.5. The van der Waals surface area contributed by atoms with Gasteiger partial charge in [-0.1, -0.05) is 0 Å². The van der Waals surface area contributed by atoms with Crippen molar-refractivity contribution in [2.45, 2.75) is 57.2 Å². The highest BCUT2D eigenvalue weighted by molar-refractivity contribution is 5.28. The summed E-state index contributed by atoms with van der Waals surface area (Å²) in [5.74, 6) is 1.01. The average molecular weight is 151 g/mol. The van der Waals surface area contributed by atoms with Crippen LogP contribution in [0.1, 0.15) is 40.0 Å². The number of nitrogens with zero attached hydrogens (tertiary/aromatic N) is 1. The molecule has 0 aromatic rings. The molecule has 0 radical (unpaired) electrons. The molecule has 4 rings (SSSR count). The summed E-state index contributed by atoms with van der Waals surface area (Å²) in [5.41, 5.74) is 1.18. The monoisotopic (exact) mass is 151 g/mol. The maximum absolute atomic E-state index is 2.76. The molecule has 4 atom stereocenters. The van der Waals surface area contributed by atoms with Gasteiger partial charge in [-0.15, -0.1) is 0 Å². The average Bonchev–Trinajstić information content (AvgIpc) is 2.43. The van der Waals surface area contributed by atoms with Crippen LogP contribution in [0.5, 0.6) is 0 Å². The van der Waals surface area contributed by atoms with E-state index in [-0.39, 0.29) is 0 Å². The van der Waals surface area contributed by atoms with Crippen LogP contribution in [-0.4, -0.2) is 22.0 Å². The van der Waals surface area contributed by atoms with E-state index in [0.29, 0.717) is 11.1 Å². The summed E-state index contributed by atoms with van der Waals surface area (Å²) in [6, 6.07) is 0.969. The summed E-state index contributed by atoms with van der Waals surface area (Å²) in [6.45, 7) is 7.32. The maximum atomic E-state index is 2.76. The Hall–Kier alpha value is -0.0400. The van der Waals surface area contributed by atoms with E-state index in [1.54, 1.807) is 0 Å². The molecule has 1 heteroatoms. The second kappa shape index (κ2) is 1.39. The Bertz CT molecular complexity index is 221. The molecule has 4 bridgehead atoms. The lowest BCUT2D eigenvalue weighted by Gasteiger charge is -2.41. The number of piperidine rings is 2. The van der Waals surface area contributed by atoms with E-state index in [1.165, 1.54) is 19.3 Å². The first-order valence-electron chi connectivity index (χ1n) is 4.86. The second-order valence-corrected chi connectivity index (χ2v) is 5.37. The van der Waals surface area contributed by atoms with Crippen molar-refractivity contribution in [2.75, 3.05) is 0 Å². The Labute approximate surface area is 68.8 Å². The fourth-order valence-electron chi connectivity index (χ4n) is 3.90. The van der Waals surface area contributed by atoms with Crippen molar-refractivity contribution in [3.63, 3.8) is 0 Å². The largest absolute Gasteiger partial charge is 0.286 e. The van der Waals surface area contributed by atoms with Crippen LogP contribution in [0.15, 0.2) is 0 Å². The number of hydrogen-bond acceptors (Lipinski definition) is 1. The van der Waals surface area contributed by atoms with Crippen molar-refractivity contribution in [1.82, 2.24) is 4.90 Å². The van der Waals surface area contributed by atoms with Gasteiger partial charge in [-0.3, -0.25) is 4.90 Å². The van der Waals surface area contributed by atoms with Gasteiger partial charge in [0.1, 0.15) is 0 Å². The summed E-state index contributed by atoms with van der Waals surface area (Å²) in [5, 5.41) is 0. The second-order valence-electron chi connectivity index (χ2n) is 5.37. The van der Waals surface area contributed by atoms with Crippen molar-refractivity contribution in [2.24, 2.45) is 5.92 Å². The molecule has 4 aliphatic rings. The quantitative estimate of drug-likeness (QED) is 0.479. The Kier molecular flexibility index (Phi) is 0.820. The van der Waals surface area contributed by atoms with Crippen LogP contribution in [0, 0.1) is 5.92 Å². The first-order chi connectivity index (χ1) is 5.07. The Morgan fingerprint density at radius 3 is 2.36 bits per heavy atom. The van der Waals surface area contributed by atoms with Gasteiger partial charge in [0.2, 0.25) is 0 Å². The number of fused-ring (bicyclic) bond motifs is 1. The predicted molar refractivity (Wildman–Crippen MR) is 45.5 cm³/mol. The molecule has 0 N–H and O–H groups in total. The molecule has 0 spiro atoms. The Morgan fingerprint density at radius 2 is 2.00 bits per heavy atom. The maximum Gasteiger partial charge on any atom is 0.0346 e. The van der Waals surface area contributed by atoms with Gasteiger partial charge in [0.25, 0.3) is 0 Å². The van der Waals surface area contributed by atoms with Gasteiger partial charge in [0.05, 0.1) is 0 Å². The summed E-state index contributed by atoms with van der Waals surface area (Å²) < 4.78 is 0. The van der Waals surface area contributed by atoms with E-state index in [9.17, 15) is 0 Å². The molecule has 0 aromatic heterocycles. The lowest BCUT2D eigenvalue weighted by molar-refractivity contribution is 0.112. The molecule has 0 aromatic carbocycles. The van der Waals surface area contributed by atoms with Crippen LogP contribution in [0.4, 0.5) is 0 Å². The zero-order valence-electron chi connectivity index (χ0n) is 7.72. The van der Waals surface area contributed by atoms with Crippen molar-refractivity contribution < 1.29 is 0 Å². The van der Waals surface area contributed by atoms with Gasteiger partial charge in [-0.25, -0.2) is 0 Å². The summed E-state index contributed by atoms with van der Waals surface area (Å²) in [6.07, 6.45) is 4.44. The minimum absolute atomic E-state index is 0.539. The highest BCUT2D eigenvalue weighted by Crippen LogP contribution is 2.65. The SMILES string of the molecule is CC1(C)[C@@H]2CC[C@@]3(C)[C@@H](C2)N13. The molecular formula is C10H17N. The Morgan fingerprint density at radius 1 is 1.27 bits per heavy atom. The van der Waals surface area contributed by atoms with Crippen molar-refractivity contribution in [1.29, 1.82) is 0 Å². The molecule has 0 amide bonds. The van der Waals surface area contributed by atoms with Gasteiger partial charge in [0.15, 0.2) is 0 Å². The smallest absolute Gasteiger partial charge is 0.0346 e. The first-order valence-corrected chi connectivity index (χ1v) is 4.86. The molecule has 1 saturated carbocycles. The minimum atomic E-state index is 0.539. The van der Waals surface area contributed by atoms with Crippen molar-refractivity contribution >= 4 is 0 Å². The van der Waals surface area contributed by atoms with E-state index < -0.39 is 0 Å². The van der Waals surface area contributed by atoms with Crippen molar-refractivity contribution in [3.8, 4) is 0 Å². The van der Waals surface area contributed by atoms with Crippen LogP contribution in [-0.2, 0) is 0 Å². The summed E-state index contributed by atoms with van der Waals surface area (Å²) in [4.78, 5) is 2.76. The van der Waals surface area contributed by atoms with Crippen LogP contribution < -0.4 is 0 Å². The third-order valence-corrected chi connectivity index (χ3v) is 4.64. The molecule has 3 aliphatic heterocycles. The lowest BCUT2D eigenvalue weighted by Crippen LogP contribution is -2.45. The minimum Gasteiger partial charge on any atom is -0.286 e. The van der Waals surface area contributed by atoms with Crippen LogP contribution >= 0.6 is 0 Å². The number of rotatable bonds is 0. The van der Waals surface area contributed by atoms with Gasteiger partial charge in [0, 0.05) is 17.1 Å². The molecule has 62 valence electrons. The highest BCUT2D eigenvalue weighted by Gasteiger charge is 2.73. The molecule has 1 aliphatic carbocycles. The predicted octanol–water partition coefficient (Wildman–Crippen LogP) is 2.02. The third kappa shape index (κ3) is 0.488. The zero-order chi connectivity index (χ0) is 7.85. The Balaban J connectivity index is 2.05. The molecule has 3 saturated heterocycles. The van der Waals surface area contributed by atoms with Gasteiger partial charge >= 0.3 is 0 Å². The molecule has 1 nitrogen and oxygen atoms in total. The van der Waals surface area contributed by atoms with Gasteiger partial charge in [-0.2, -0.15) is 0 Å². The van der Waals surface area contributed by atoms with Crippen molar-refractivity contribution in [3.05, 3.63) is 0 Å².